The lowest BCUT2D eigenvalue weighted by Crippen LogP contribution is -2.62. The van der Waals surface area contributed by atoms with E-state index in [-0.39, 0.29) is 114 Å². The number of benzene rings is 3. The smallest absolute Gasteiger partial charge is 0.328 e. The first-order valence-corrected chi connectivity index (χ1v) is 33.3. The van der Waals surface area contributed by atoms with Crippen molar-refractivity contribution in [1.29, 1.82) is 0 Å². The van der Waals surface area contributed by atoms with E-state index >= 15 is 0 Å². The van der Waals surface area contributed by atoms with E-state index in [1.54, 1.807) is 50.5 Å². The van der Waals surface area contributed by atoms with Crippen molar-refractivity contribution in [2.24, 2.45) is 66.8 Å². The Morgan fingerprint density at radius 2 is 0.794 bits per heavy atom. The summed E-state index contributed by atoms with van der Waals surface area (Å²) in [7, 11) is 0. The Balaban J connectivity index is 1.42. The molecule has 0 aliphatic heterocycles. The normalized spacial score (nSPS) is 14.1. The molecule has 5 rings (SSSR count). The second-order valence-electron chi connectivity index (χ2n) is 24.7. The van der Waals surface area contributed by atoms with Gasteiger partial charge in [0, 0.05) is 66.7 Å². The lowest BCUT2D eigenvalue weighted by molar-refractivity contribution is -0.143. The molecule has 3 aromatic carbocycles. The second-order valence-corrected chi connectivity index (χ2v) is 24.7. The zero-order chi connectivity index (χ0) is 75.0. The summed E-state index contributed by atoms with van der Waals surface area (Å²) in [6, 6.07) is 5.02. The number of aromatic hydroxyl groups is 1. The second kappa shape index (κ2) is 41.5. The largest absolute Gasteiger partial charge is 0.508 e. The fourth-order valence-corrected chi connectivity index (χ4v) is 10.9. The number of fused-ring (bicyclic) bond motifs is 2. The number of hydrogen-bond donors (Lipinski definition) is 23. The molecule has 0 radical (unpaired) electrons. The first kappa shape index (κ1) is 81.6. The van der Waals surface area contributed by atoms with Crippen LogP contribution in [0.2, 0.25) is 0 Å². The molecule has 0 unspecified atom stereocenters. The highest BCUT2D eigenvalue weighted by Crippen LogP contribution is 2.22. The molecule has 36 heteroatoms. The highest BCUT2D eigenvalue weighted by molar-refractivity contribution is 5.99. The molecule has 0 aliphatic carbocycles. The van der Waals surface area contributed by atoms with E-state index in [9.17, 15) is 68.4 Å². The van der Waals surface area contributed by atoms with Gasteiger partial charge in [0.1, 0.15) is 60.1 Å². The number of carbonyl (C=O) groups excluding carboxylic acids is 9. The number of aromatic amines is 2. The molecule has 0 bridgehead atoms. The average Bonchev–Trinajstić information content (AvgIpc) is 1.05. The fourth-order valence-electron chi connectivity index (χ4n) is 10.9. The van der Waals surface area contributed by atoms with E-state index in [1.165, 1.54) is 24.3 Å². The number of aromatic nitrogens is 2. The Hall–Kier alpha value is -11.1. The summed E-state index contributed by atoms with van der Waals surface area (Å²) in [6.45, 7) is 1.30. The number of carboxylic acid groups (broad SMARTS) is 1. The highest BCUT2D eigenvalue weighted by atomic mass is 16.4. The minimum absolute atomic E-state index is 0.0167. The zero-order valence-corrected chi connectivity index (χ0v) is 57.0. The van der Waals surface area contributed by atoms with Gasteiger partial charge in [0.2, 0.25) is 53.2 Å². The van der Waals surface area contributed by atoms with Gasteiger partial charge in [-0.25, -0.2) is 4.79 Å². The third-order valence-electron chi connectivity index (χ3n) is 16.4. The number of aliphatic hydroxyl groups excluding tert-OH is 2. The van der Waals surface area contributed by atoms with Crippen LogP contribution in [0.5, 0.6) is 5.75 Å². The molecule has 2 heterocycles. The fraction of sp³-hybridized carbons (Fsp3) is 0.470. The number of carboxylic acids is 1. The van der Waals surface area contributed by atoms with Crippen LogP contribution in [0, 0.1) is 5.92 Å². The number of aliphatic imine (C=N–C) groups is 3. The number of guanidine groups is 3. The topological polar surface area (TPSA) is 637 Å². The molecule has 0 fully saturated rings. The minimum atomic E-state index is -1.77. The van der Waals surface area contributed by atoms with Gasteiger partial charge in [-0.05, 0) is 118 Å². The van der Waals surface area contributed by atoms with Crippen LogP contribution in [0.25, 0.3) is 21.8 Å². The van der Waals surface area contributed by atoms with Gasteiger partial charge in [-0.15, -0.1) is 0 Å². The summed E-state index contributed by atoms with van der Waals surface area (Å²) < 4.78 is 0. The Morgan fingerprint density at radius 3 is 1.23 bits per heavy atom. The number of nitrogens with one attached hydrogen (secondary N) is 11. The molecule has 0 saturated heterocycles. The molecule has 36 nitrogen and oxygen atoms in total. The number of nitrogens with zero attached hydrogens (tertiary/aromatic N) is 3. The molecule has 9 amide bonds. The van der Waals surface area contributed by atoms with E-state index in [0.717, 1.165) is 16.5 Å². The summed E-state index contributed by atoms with van der Waals surface area (Å²) in [6.07, 6.45) is 3.40. The number of unbranched alkanes of at least 4 members (excludes halogenated alkanes) is 1. The quantitative estimate of drug-likeness (QED) is 0.00987. The van der Waals surface area contributed by atoms with Crippen molar-refractivity contribution in [2.45, 2.75) is 151 Å². The number of carbonyl (C=O) groups is 10. The number of phenols is 1. The van der Waals surface area contributed by atoms with Gasteiger partial charge < -0.3 is 124 Å². The Labute approximate surface area is 588 Å². The number of H-pyrrole nitrogens is 2. The number of hydrogen-bond acceptors (Lipinski definition) is 18. The molecule has 0 aliphatic rings. The molecule has 5 aromatic rings. The first-order chi connectivity index (χ1) is 48.6. The predicted molar refractivity (Wildman–Crippen MR) is 380 cm³/mol. The van der Waals surface area contributed by atoms with Gasteiger partial charge >= 0.3 is 5.97 Å². The maximum atomic E-state index is 14.9. The van der Waals surface area contributed by atoms with Crippen LogP contribution in [0.3, 0.4) is 0 Å². The monoisotopic (exact) mass is 1420 g/mol. The number of phenolic OH excluding ortho intramolecular Hbond substituents is 1. The van der Waals surface area contributed by atoms with Crippen molar-refractivity contribution in [3.05, 3.63) is 102 Å². The predicted octanol–water partition coefficient (Wildman–Crippen LogP) is -4.91. The first-order valence-electron chi connectivity index (χ1n) is 33.3. The van der Waals surface area contributed by atoms with E-state index in [2.05, 4.69) is 72.8 Å². The van der Waals surface area contributed by atoms with Crippen LogP contribution in [-0.2, 0) is 67.2 Å². The van der Waals surface area contributed by atoms with Gasteiger partial charge in [-0.1, -0.05) is 62.4 Å². The van der Waals surface area contributed by atoms with Crippen molar-refractivity contribution in [2.75, 3.05) is 39.4 Å². The van der Waals surface area contributed by atoms with Crippen LogP contribution in [-0.4, -0.2) is 207 Å². The lowest BCUT2D eigenvalue weighted by atomic mass is 9.99. The van der Waals surface area contributed by atoms with Crippen molar-refractivity contribution >= 4 is 98.8 Å². The van der Waals surface area contributed by atoms with Gasteiger partial charge in [-0.2, -0.15) is 0 Å². The van der Waals surface area contributed by atoms with Crippen LogP contribution in [0.1, 0.15) is 88.3 Å². The number of rotatable bonds is 44. The van der Waals surface area contributed by atoms with E-state index in [1.807, 2.05) is 24.3 Å². The molecule has 0 saturated carbocycles. The van der Waals surface area contributed by atoms with Gasteiger partial charge in [0.25, 0.3) is 0 Å². The van der Waals surface area contributed by atoms with Crippen LogP contribution < -0.4 is 93.7 Å². The maximum Gasteiger partial charge on any atom is 0.328 e. The molecular weight excluding hydrogens is 1320 g/mol. The molecular formula is C66H98N22O14. The molecule has 2 aromatic heterocycles. The van der Waals surface area contributed by atoms with Gasteiger partial charge in [-0.3, -0.25) is 58.1 Å². The minimum Gasteiger partial charge on any atom is -0.508 e. The highest BCUT2D eigenvalue weighted by Gasteiger charge is 2.37. The molecule has 10 atom stereocenters. The summed E-state index contributed by atoms with van der Waals surface area (Å²) in [5.41, 5.74) is 48.8. The average molecular weight is 1420 g/mol. The van der Waals surface area contributed by atoms with Crippen molar-refractivity contribution in [3.8, 4) is 5.75 Å². The summed E-state index contributed by atoms with van der Waals surface area (Å²) >= 11 is 0. The van der Waals surface area contributed by atoms with Gasteiger partial charge in [0.05, 0.1) is 19.3 Å². The van der Waals surface area contributed by atoms with E-state index < -0.39 is 139 Å². The van der Waals surface area contributed by atoms with Crippen molar-refractivity contribution in [1.82, 2.24) is 57.8 Å². The van der Waals surface area contributed by atoms with E-state index in [0.29, 0.717) is 34.9 Å². The molecule has 102 heavy (non-hydrogen) atoms. The Bertz CT molecular complexity index is 3720. The maximum absolute atomic E-state index is 14.9. The summed E-state index contributed by atoms with van der Waals surface area (Å²) in [5.74, 6) is -11.7. The van der Waals surface area contributed by atoms with Crippen LogP contribution >= 0.6 is 0 Å². The number of para-hydroxylation sites is 2. The molecule has 0 spiro atoms. The summed E-state index contributed by atoms with van der Waals surface area (Å²) in [4.78, 5) is 160. The lowest BCUT2D eigenvalue weighted by Gasteiger charge is -2.29. The third kappa shape index (κ3) is 26.5. The van der Waals surface area contributed by atoms with E-state index in [4.69, 9.17) is 45.9 Å². The van der Waals surface area contributed by atoms with Gasteiger partial charge in [0.15, 0.2) is 17.9 Å². The van der Waals surface area contributed by atoms with Crippen LogP contribution in [0.15, 0.2) is 100 Å². The zero-order valence-electron chi connectivity index (χ0n) is 57.0. The number of aliphatic carboxylic acids is 1. The number of aliphatic hydroxyl groups is 2. The van der Waals surface area contributed by atoms with Crippen LogP contribution in [0.4, 0.5) is 0 Å². The molecule has 556 valence electrons. The van der Waals surface area contributed by atoms with Crippen molar-refractivity contribution in [3.63, 3.8) is 0 Å². The molecule has 31 N–H and O–H groups in total. The number of nitrogens with two attached hydrogens (primary N) is 8. The SMILES string of the molecule is CC(C)[C@H](NC(=O)[C@H](Cc1ccc(O)cc1)NC(=O)[C@H](CO)NC(=O)[C@H](CCCCN)NC(=O)[C@@H](N)Cc1c[nH]c2ccccc12)C(=O)N[C@@H](CCCN=C(N)N)C(=O)N[C@@H](CCCN=C(N)N)C(=O)N[C@@H](Cc1c[nH]c2ccccc12)C(=O)N[C@@H](CCCN=C(N)N)C(=O)N[C@@H](CO)C(=O)O. The standard InChI is InChI=1S/C66H98N22O14/c1-35(2)53(88-60(98)49(28-36-20-22-39(91)23-21-36)84-61(99)51(33-89)86-57(95)45(16-7-8-24-67)80-54(92)42(68)29-37-31-78-43-14-5-3-12-40(37)43)62(100)83-48(19-11-27-77-66(73)74)55(93)81-46(17-9-25-75-64(69)70)56(94)85-50(30-38-32-79-44-15-6-4-13-41(38)44)59(97)82-47(18-10-26-76-65(71)72)58(96)87-52(34-90)63(101)102/h3-6,12-15,20-23,31-32,35,42,45-53,78-79,89-91H,7-11,16-19,24-30,33-34,67-68H2,1-2H3,(H,80,92)(H,81,93)(H,82,97)(H,83,100)(H,84,99)(H,85,94)(H,86,95)(H,87,96)(H,88,98)(H,101,102)(H4,69,70,75)(H4,71,72,76)(H4,73,74,77)/t42-,45-,46-,47-,48-,49-,50-,51-,52-,53-/m0/s1. The summed E-state index contributed by atoms with van der Waals surface area (Å²) in [5, 5.41) is 64.9. The van der Waals surface area contributed by atoms with Crippen molar-refractivity contribution < 1.29 is 68.4 Å². The third-order valence-corrected chi connectivity index (χ3v) is 16.4. The Morgan fingerprint density at radius 1 is 0.431 bits per heavy atom. The Kier molecular flexibility index (Phi) is 33.2. The number of amides is 9.